The van der Waals surface area contributed by atoms with E-state index in [1.165, 1.54) is 24.0 Å². The molecule has 0 aromatic heterocycles. The molecule has 2 saturated heterocycles. The largest absolute Gasteiger partial charge is 0.373 e. The Bertz CT molecular complexity index is 640. The van der Waals surface area contributed by atoms with E-state index in [4.69, 9.17) is 0 Å². The Kier molecular flexibility index (Phi) is 4.01. The zero-order valence-corrected chi connectivity index (χ0v) is 14.6. The first-order valence-electron chi connectivity index (χ1n) is 9.20. The second-order valence-corrected chi connectivity index (χ2v) is 7.81. The number of carbonyl (C=O) groups excluding carboxylic acids is 1. The highest BCUT2D eigenvalue weighted by Gasteiger charge is 2.49. The Balaban J connectivity index is 1.47. The summed E-state index contributed by atoms with van der Waals surface area (Å²) >= 11 is 0. The van der Waals surface area contributed by atoms with Gasteiger partial charge in [0.15, 0.2) is 0 Å². The number of anilines is 1. The number of fused-ring (bicyclic) bond motifs is 1. The van der Waals surface area contributed by atoms with Crippen molar-refractivity contribution in [1.82, 2.24) is 16.0 Å². The van der Waals surface area contributed by atoms with Crippen LogP contribution >= 0.6 is 0 Å². The van der Waals surface area contributed by atoms with E-state index in [9.17, 15) is 4.79 Å². The summed E-state index contributed by atoms with van der Waals surface area (Å²) in [5.74, 6) is 0.726. The average molecular weight is 328 g/mol. The van der Waals surface area contributed by atoms with Gasteiger partial charge in [0, 0.05) is 31.2 Å². The molecule has 3 unspecified atom stereocenters. The maximum Gasteiger partial charge on any atom is 0.243 e. The van der Waals surface area contributed by atoms with Gasteiger partial charge in [-0.25, -0.2) is 0 Å². The van der Waals surface area contributed by atoms with E-state index >= 15 is 0 Å². The van der Waals surface area contributed by atoms with Crippen molar-refractivity contribution < 1.29 is 4.79 Å². The van der Waals surface area contributed by atoms with Crippen LogP contribution < -0.4 is 21.3 Å². The van der Waals surface area contributed by atoms with Crippen molar-refractivity contribution in [2.24, 2.45) is 5.92 Å². The maximum atomic E-state index is 13.0. The van der Waals surface area contributed by atoms with Crippen molar-refractivity contribution in [1.29, 1.82) is 0 Å². The second-order valence-electron chi connectivity index (χ2n) is 7.81. The van der Waals surface area contributed by atoms with E-state index in [-0.39, 0.29) is 17.5 Å². The molecule has 1 amide bonds. The van der Waals surface area contributed by atoms with Gasteiger partial charge in [-0.3, -0.25) is 4.79 Å². The molecule has 5 nitrogen and oxygen atoms in total. The zero-order chi connectivity index (χ0) is 16.7. The van der Waals surface area contributed by atoms with E-state index < -0.39 is 0 Å². The van der Waals surface area contributed by atoms with Crippen LogP contribution in [0.5, 0.6) is 0 Å². The van der Waals surface area contributed by atoms with Crippen LogP contribution in [0.4, 0.5) is 5.69 Å². The minimum Gasteiger partial charge on any atom is -0.373 e. The van der Waals surface area contributed by atoms with Crippen LogP contribution in [0.3, 0.4) is 0 Å². The molecule has 3 aliphatic heterocycles. The van der Waals surface area contributed by atoms with E-state index in [1.54, 1.807) is 0 Å². The first-order chi connectivity index (χ1) is 11.6. The number of para-hydroxylation sites is 1. The Hall–Kier alpha value is -1.59. The number of hydrogen-bond donors (Lipinski definition) is 4. The van der Waals surface area contributed by atoms with Crippen LogP contribution in [0.15, 0.2) is 18.2 Å². The molecule has 3 atom stereocenters. The van der Waals surface area contributed by atoms with Gasteiger partial charge in [0.05, 0.1) is 5.54 Å². The summed E-state index contributed by atoms with van der Waals surface area (Å²) in [7, 11) is 0. The van der Waals surface area contributed by atoms with Crippen LogP contribution in [0.2, 0.25) is 0 Å². The number of nitrogens with one attached hydrogen (secondary N) is 4. The first kappa shape index (κ1) is 15.9. The third-order valence-electron chi connectivity index (χ3n) is 6.04. The lowest BCUT2D eigenvalue weighted by molar-refractivity contribution is -0.125. The topological polar surface area (TPSA) is 65.2 Å². The maximum absolute atomic E-state index is 13.0. The summed E-state index contributed by atoms with van der Waals surface area (Å²) in [5, 5.41) is 13.9. The molecule has 3 aliphatic rings. The molecule has 0 aliphatic carbocycles. The van der Waals surface area contributed by atoms with E-state index in [2.05, 4.69) is 53.3 Å². The molecule has 3 heterocycles. The van der Waals surface area contributed by atoms with Gasteiger partial charge in [-0.1, -0.05) is 25.1 Å². The highest BCUT2D eigenvalue weighted by Crippen LogP contribution is 2.31. The second kappa shape index (κ2) is 6.05. The van der Waals surface area contributed by atoms with Crippen LogP contribution in [0.1, 0.15) is 30.9 Å². The molecule has 4 N–H and O–H groups in total. The van der Waals surface area contributed by atoms with Gasteiger partial charge in [-0.05, 0) is 43.4 Å². The van der Waals surface area contributed by atoms with Gasteiger partial charge in [-0.2, -0.15) is 0 Å². The summed E-state index contributed by atoms with van der Waals surface area (Å²) in [4.78, 5) is 13.0. The summed E-state index contributed by atoms with van der Waals surface area (Å²) in [6.07, 6.45) is 3.25. The van der Waals surface area contributed by atoms with Crippen LogP contribution in [0, 0.1) is 12.8 Å². The van der Waals surface area contributed by atoms with E-state index in [0.29, 0.717) is 12.0 Å². The Labute approximate surface area is 144 Å². The molecule has 130 valence electrons. The number of piperidine rings is 1. The van der Waals surface area contributed by atoms with Crippen molar-refractivity contribution in [3.63, 3.8) is 0 Å². The average Bonchev–Trinajstić information content (AvgIpc) is 2.97. The quantitative estimate of drug-likeness (QED) is 0.673. The van der Waals surface area contributed by atoms with Gasteiger partial charge >= 0.3 is 0 Å². The molecular weight excluding hydrogens is 300 g/mol. The van der Waals surface area contributed by atoms with E-state index in [0.717, 1.165) is 31.7 Å². The number of hydrogen-bond acceptors (Lipinski definition) is 4. The summed E-state index contributed by atoms with van der Waals surface area (Å²) in [6, 6.07) is 6.49. The third kappa shape index (κ3) is 2.60. The number of benzene rings is 1. The first-order valence-corrected chi connectivity index (χ1v) is 9.20. The van der Waals surface area contributed by atoms with Crippen molar-refractivity contribution >= 4 is 11.6 Å². The smallest absolute Gasteiger partial charge is 0.243 e. The zero-order valence-electron chi connectivity index (χ0n) is 14.6. The van der Waals surface area contributed by atoms with Gasteiger partial charge in [0.1, 0.15) is 6.04 Å². The predicted octanol–water partition coefficient (Wildman–Crippen LogP) is 1.18. The van der Waals surface area contributed by atoms with Gasteiger partial charge in [0.25, 0.3) is 0 Å². The molecule has 4 rings (SSSR count). The molecule has 0 radical (unpaired) electrons. The molecule has 0 saturated carbocycles. The number of amides is 1. The summed E-state index contributed by atoms with van der Waals surface area (Å²) in [5.41, 5.74) is 3.47. The summed E-state index contributed by atoms with van der Waals surface area (Å²) < 4.78 is 0. The Morgan fingerprint density at radius 3 is 2.83 bits per heavy atom. The number of carbonyl (C=O) groups is 1. The number of rotatable bonds is 3. The van der Waals surface area contributed by atoms with Crippen LogP contribution in [-0.2, 0) is 11.2 Å². The molecule has 1 aromatic carbocycles. The van der Waals surface area contributed by atoms with Crippen molar-refractivity contribution in [2.75, 3.05) is 25.0 Å². The lowest BCUT2D eigenvalue weighted by Crippen LogP contribution is -2.79. The lowest BCUT2D eigenvalue weighted by Gasteiger charge is -2.52. The Morgan fingerprint density at radius 2 is 2.17 bits per heavy atom. The number of aryl methyl sites for hydroxylation is 1. The lowest BCUT2D eigenvalue weighted by atomic mass is 9.74. The molecule has 1 aromatic rings. The van der Waals surface area contributed by atoms with E-state index in [1.807, 2.05) is 0 Å². The standard InChI is InChI=1S/C19H28N4O/c1-12-5-3-7-14-9-15(22-16(12)14)18(24)23-19(10-20-11-19)17-13(2)6-4-8-21-17/h3,5,7,13,15,17,20-22H,4,6,8-11H2,1-2H3,(H,23,24). The fourth-order valence-electron chi connectivity index (χ4n) is 4.61. The Morgan fingerprint density at radius 1 is 1.33 bits per heavy atom. The molecular formula is C19H28N4O. The molecule has 5 heteroatoms. The van der Waals surface area contributed by atoms with Crippen molar-refractivity contribution in [3.8, 4) is 0 Å². The molecule has 0 bridgehead atoms. The predicted molar refractivity (Wildman–Crippen MR) is 96.2 cm³/mol. The fourth-order valence-corrected chi connectivity index (χ4v) is 4.61. The monoisotopic (exact) mass is 328 g/mol. The highest BCUT2D eigenvalue weighted by atomic mass is 16.2. The van der Waals surface area contributed by atoms with Gasteiger partial charge in [0.2, 0.25) is 5.91 Å². The normalized spacial score (nSPS) is 30.8. The van der Waals surface area contributed by atoms with Crippen molar-refractivity contribution in [3.05, 3.63) is 29.3 Å². The summed E-state index contributed by atoms with van der Waals surface area (Å²) in [6.45, 7) is 7.17. The van der Waals surface area contributed by atoms with Crippen LogP contribution in [-0.4, -0.2) is 43.2 Å². The minimum atomic E-state index is -0.155. The molecule has 0 spiro atoms. The van der Waals surface area contributed by atoms with Crippen LogP contribution in [0.25, 0.3) is 0 Å². The highest BCUT2D eigenvalue weighted by molar-refractivity contribution is 5.88. The van der Waals surface area contributed by atoms with Gasteiger partial charge in [-0.15, -0.1) is 0 Å². The fraction of sp³-hybridized carbons (Fsp3) is 0.632. The minimum absolute atomic E-state index is 0.131. The molecule has 24 heavy (non-hydrogen) atoms. The molecule has 2 fully saturated rings. The SMILES string of the molecule is Cc1cccc2c1NC(C(=O)NC1(C3NCCCC3C)CNC1)C2. The third-order valence-corrected chi connectivity index (χ3v) is 6.04. The van der Waals surface area contributed by atoms with Crippen molar-refractivity contribution in [2.45, 2.75) is 50.7 Å². The van der Waals surface area contributed by atoms with Gasteiger partial charge < -0.3 is 21.3 Å².